The fourth-order valence-electron chi connectivity index (χ4n) is 2.51. The summed E-state index contributed by atoms with van der Waals surface area (Å²) >= 11 is 0. The number of halogens is 1. The number of nitrogens with one attached hydrogen (secondary N) is 2. The first-order valence-corrected chi connectivity index (χ1v) is 10.1. The highest BCUT2D eigenvalue weighted by atomic mass is 35.5. The van der Waals surface area contributed by atoms with Gasteiger partial charge in [0, 0.05) is 23.8 Å². The molecule has 0 aliphatic heterocycles. The number of carbonyl (C=O) groups is 1. The van der Waals surface area contributed by atoms with Crippen LogP contribution in [0.3, 0.4) is 0 Å². The van der Waals surface area contributed by atoms with Crippen LogP contribution in [0.25, 0.3) is 0 Å². The van der Waals surface area contributed by atoms with E-state index in [2.05, 4.69) is 17.0 Å². The minimum atomic E-state index is -3.70. The number of amides is 1. The minimum Gasteiger partial charge on any atom is -0.348 e. The molecule has 2 aromatic carbocycles. The van der Waals surface area contributed by atoms with E-state index in [1.165, 1.54) is 18.2 Å². The van der Waals surface area contributed by atoms with Gasteiger partial charge >= 0.3 is 0 Å². The number of hydrogen-bond donors (Lipinski definition) is 3. The summed E-state index contributed by atoms with van der Waals surface area (Å²) in [6, 6.07) is 14.4. The van der Waals surface area contributed by atoms with Gasteiger partial charge in [0.2, 0.25) is 0 Å². The van der Waals surface area contributed by atoms with Crippen molar-refractivity contribution in [3.05, 3.63) is 60.2 Å². The van der Waals surface area contributed by atoms with Crippen LogP contribution in [0.15, 0.2) is 59.5 Å². The summed E-state index contributed by atoms with van der Waals surface area (Å²) in [5, 5.41) is 2.90. The Morgan fingerprint density at radius 2 is 1.81 bits per heavy atom. The first-order chi connectivity index (χ1) is 12.5. The molecule has 0 aliphatic carbocycles. The lowest BCUT2D eigenvalue weighted by atomic mass is 10.1. The second-order valence-electron chi connectivity index (χ2n) is 6.05. The molecule has 148 valence electrons. The summed E-state index contributed by atoms with van der Waals surface area (Å²) < 4.78 is 27.3. The zero-order chi connectivity index (χ0) is 19.0. The topological polar surface area (TPSA) is 101 Å². The molecule has 1 atom stereocenters. The smallest absolute Gasteiger partial charge is 0.261 e. The van der Waals surface area contributed by atoms with Crippen molar-refractivity contribution in [2.75, 3.05) is 11.3 Å². The monoisotopic (exact) mass is 411 g/mol. The lowest BCUT2D eigenvalue weighted by molar-refractivity contribution is 0.0936. The maximum absolute atomic E-state index is 12.4. The van der Waals surface area contributed by atoms with Gasteiger partial charge in [0.05, 0.1) is 4.90 Å². The first kappa shape index (κ1) is 23.0. The molecule has 1 unspecified atom stereocenters. The summed E-state index contributed by atoms with van der Waals surface area (Å²) in [4.78, 5) is 12.6. The van der Waals surface area contributed by atoms with E-state index in [-0.39, 0.29) is 29.3 Å². The first-order valence-electron chi connectivity index (χ1n) is 8.65. The third kappa shape index (κ3) is 6.86. The van der Waals surface area contributed by atoms with Crippen LogP contribution in [0, 0.1) is 0 Å². The highest BCUT2D eigenvalue weighted by Crippen LogP contribution is 2.17. The van der Waals surface area contributed by atoms with Gasteiger partial charge in [-0.3, -0.25) is 9.52 Å². The van der Waals surface area contributed by atoms with E-state index in [1.807, 2.05) is 0 Å². The van der Waals surface area contributed by atoms with Gasteiger partial charge in [0.15, 0.2) is 0 Å². The quantitative estimate of drug-likeness (QED) is 0.589. The average molecular weight is 412 g/mol. The average Bonchev–Trinajstić information content (AvgIpc) is 2.65. The summed E-state index contributed by atoms with van der Waals surface area (Å²) in [5.41, 5.74) is 6.43. The molecule has 6 nitrogen and oxygen atoms in total. The van der Waals surface area contributed by atoms with Crippen LogP contribution in [0.2, 0.25) is 0 Å². The highest BCUT2D eigenvalue weighted by Gasteiger charge is 2.16. The van der Waals surface area contributed by atoms with Crippen molar-refractivity contribution in [3.63, 3.8) is 0 Å². The Morgan fingerprint density at radius 1 is 1.11 bits per heavy atom. The van der Waals surface area contributed by atoms with E-state index < -0.39 is 10.0 Å². The van der Waals surface area contributed by atoms with Gasteiger partial charge in [0.1, 0.15) is 0 Å². The van der Waals surface area contributed by atoms with Crippen molar-refractivity contribution in [2.24, 2.45) is 5.73 Å². The Balaban J connectivity index is 0.00000364. The molecule has 1 amide bonds. The van der Waals surface area contributed by atoms with Crippen molar-refractivity contribution < 1.29 is 13.2 Å². The van der Waals surface area contributed by atoms with Gasteiger partial charge in [-0.2, -0.15) is 0 Å². The second kappa shape index (κ2) is 10.9. The Bertz CT molecular complexity index is 829. The largest absolute Gasteiger partial charge is 0.348 e. The van der Waals surface area contributed by atoms with Gasteiger partial charge in [-0.25, -0.2) is 8.42 Å². The predicted octanol–water partition coefficient (Wildman–Crippen LogP) is 3.16. The SMILES string of the molecule is CCCCC(CN)NC(=O)c1cccc(NS(=O)(=O)c2ccccc2)c1.Cl. The predicted molar refractivity (Wildman–Crippen MR) is 111 cm³/mol. The van der Waals surface area contributed by atoms with Crippen LogP contribution in [0.5, 0.6) is 0 Å². The molecule has 0 fully saturated rings. The molecular formula is C19H26ClN3O3S. The number of anilines is 1. The van der Waals surface area contributed by atoms with E-state index >= 15 is 0 Å². The van der Waals surface area contributed by atoms with E-state index in [4.69, 9.17) is 5.73 Å². The maximum Gasteiger partial charge on any atom is 0.261 e. The van der Waals surface area contributed by atoms with Gasteiger partial charge in [-0.15, -0.1) is 12.4 Å². The number of hydrogen-bond acceptors (Lipinski definition) is 4. The molecule has 0 bridgehead atoms. The van der Waals surface area contributed by atoms with Gasteiger partial charge < -0.3 is 11.1 Å². The molecule has 2 rings (SSSR count). The minimum absolute atomic E-state index is 0. The Kier molecular flexibility index (Phi) is 9.28. The summed E-state index contributed by atoms with van der Waals surface area (Å²) in [5.74, 6) is -0.266. The number of benzene rings is 2. The van der Waals surface area contributed by atoms with E-state index in [0.717, 1.165) is 19.3 Å². The van der Waals surface area contributed by atoms with Gasteiger partial charge in [-0.1, -0.05) is 44.0 Å². The van der Waals surface area contributed by atoms with Crippen LogP contribution in [0.1, 0.15) is 36.5 Å². The van der Waals surface area contributed by atoms with Crippen molar-refractivity contribution in [2.45, 2.75) is 37.1 Å². The van der Waals surface area contributed by atoms with Crippen LogP contribution in [-0.4, -0.2) is 26.9 Å². The molecule has 0 saturated carbocycles. The highest BCUT2D eigenvalue weighted by molar-refractivity contribution is 7.92. The summed E-state index contributed by atoms with van der Waals surface area (Å²) in [7, 11) is -3.70. The molecule has 0 aliphatic rings. The Morgan fingerprint density at radius 3 is 2.44 bits per heavy atom. The third-order valence-electron chi connectivity index (χ3n) is 3.96. The molecule has 0 aromatic heterocycles. The summed E-state index contributed by atoms with van der Waals surface area (Å²) in [6.07, 6.45) is 2.83. The van der Waals surface area contributed by atoms with Crippen LogP contribution in [0.4, 0.5) is 5.69 Å². The molecule has 0 spiro atoms. The Hall–Kier alpha value is -2.09. The van der Waals surface area contributed by atoms with Crippen molar-refractivity contribution in [1.29, 1.82) is 0 Å². The fraction of sp³-hybridized carbons (Fsp3) is 0.316. The summed E-state index contributed by atoms with van der Waals surface area (Å²) in [6.45, 7) is 2.45. The van der Waals surface area contributed by atoms with Gasteiger partial charge in [0.25, 0.3) is 15.9 Å². The van der Waals surface area contributed by atoms with Crippen LogP contribution < -0.4 is 15.8 Å². The second-order valence-corrected chi connectivity index (χ2v) is 7.73. The van der Waals surface area contributed by atoms with E-state index in [1.54, 1.807) is 36.4 Å². The lowest BCUT2D eigenvalue weighted by Gasteiger charge is -2.17. The number of nitrogens with two attached hydrogens (primary N) is 1. The Labute approximate surface area is 167 Å². The number of carbonyl (C=O) groups excluding carboxylic acids is 1. The standard InChI is InChI=1S/C19H25N3O3S.ClH/c1-2-3-9-17(14-20)21-19(23)15-8-7-10-16(13-15)22-26(24,25)18-11-5-4-6-12-18;/h4-8,10-13,17,22H,2-3,9,14,20H2,1H3,(H,21,23);1H. The van der Waals surface area contributed by atoms with E-state index in [9.17, 15) is 13.2 Å². The molecular weight excluding hydrogens is 386 g/mol. The molecule has 0 heterocycles. The zero-order valence-electron chi connectivity index (χ0n) is 15.2. The van der Waals surface area contributed by atoms with E-state index in [0.29, 0.717) is 17.8 Å². The molecule has 0 saturated heterocycles. The molecule has 2 aromatic rings. The van der Waals surface area contributed by atoms with Crippen LogP contribution in [-0.2, 0) is 10.0 Å². The lowest BCUT2D eigenvalue weighted by Crippen LogP contribution is -2.40. The van der Waals surface area contributed by atoms with Crippen LogP contribution >= 0.6 is 12.4 Å². The zero-order valence-corrected chi connectivity index (χ0v) is 16.9. The number of rotatable bonds is 9. The molecule has 4 N–H and O–H groups in total. The molecule has 8 heteroatoms. The molecule has 27 heavy (non-hydrogen) atoms. The number of unbranched alkanes of at least 4 members (excludes halogenated alkanes) is 1. The van der Waals surface area contributed by atoms with Crippen molar-refractivity contribution in [3.8, 4) is 0 Å². The normalized spacial score (nSPS) is 11.9. The fourth-order valence-corrected chi connectivity index (χ4v) is 3.58. The molecule has 0 radical (unpaired) electrons. The maximum atomic E-state index is 12.4. The third-order valence-corrected chi connectivity index (χ3v) is 5.35. The number of sulfonamides is 1. The van der Waals surface area contributed by atoms with Crippen molar-refractivity contribution >= 4 is 34.0 Å². The van der Waals surface area contributed by atoms with Crippen molar-refractivity contribution in [1.82, 2.24) is 5.32 Å². The van der Waals surface area contributed by atoms with Gasteiger partial charge in [-0.05, 0) is 36.8 Å².